The molecule has 2 rings (SSSR count). The van der Waals surface area contributed by atoms with E-state index in [-0.39, 0.29) is 12.4 Å². The van der Waals surface area contributed by atoms with Crippen LogP contribution in [0.5, 0.6) is 0 Å². The van der Waals surface area contributed by atoms with Crippen LogP contribution in [0.2, 0.25) is 0 Å². The summed E-state index contributed by atoms with van der Waals surface area (Å²) in [7, 11) is 0. The molecule has 0 aliphatic heterocycles. The maximum atomic E-state index is 13.2. The highest BCUT2D eigenvalue weighted by Gasteiger charge is 2.17. The summed E-state index contributed by atoms with van der Waals surface area (Å²) >= 11 is 0. The summed E-state index contributed by atoms with van der Waals surface area (Å²) in [5.41, 5.74) is 1.11. The zero-order chi connectivity index (χ0) is 14.0. The van der Waals surface area contributed by atoms with E-state index in [4.69, 9.17) is 5.11 Å². The number of halogens is 1. The Labute approximate surface area is 110 Å². The molecule has 0 unspecified atom stereocenters. The lowest BCUT2D eigenvalue weighted by molar-refractivity contribution is -0.137. The molecule has 0 aliphatic rings. The molecule has 5 nitrogen and oxygen atoms in total. The summed E-state index contributed by atoms with van der Waals surface area (Å²) in [4.78, 5) is 17.3. The Morgan fingerprint density at radius 1 is 1.42 bits per heavy atom. The van der Waals surface area contributed by atoms with Gasteiger partial charge >= 0.3 is 5.97 Å². The number of rotatable bonds is 5. The first-order chi connectivity index (χ1) is 9.06. The van der Waals surface area contributed by atoms with Crippen molar-refractivity contribution < 1.29 is 14.3 Å². The molecule has 1 aromatic carbocycles. The second kappa shape index (κ2) is 5.26. The molecule has 1 N–H and O–H groups in total. The molecular formula is C13H16FN3O2. The lowest BCUT2D eigenvalue weighted by Gasteiger charge is -2.20. The maximum Gasteiger partial charge on any atom is 0.323 e. The van der Waals surface area contributed by atoms with Gasteiger partial charge in [0.1, 0.15) is 12.4 Å². The molecule has 0 atom stereocenters. The number of benzene rings is 1. The molecule has 1 heterocycles. The molecule has 0 spiro atoms. The van der Waals surface area contributed by atoms with Crippen LogP contribution in [0, 0.1) is 5.82 Å². The van der Waals surface area contributed by atoms with Crippen LogP contribution in [-0.2, 0) is 11.3 Å². The van der Waals surface area contributed by atoms with E-state index in [1.54, 1.807) is 10.6 Å². The predicted molar refractivity (Wildman–Crippen MR) is 70.9 cm³/mol. The van der Waals surface area contributed by atoms with Gasteiger partial charge in [-0.3, -0.25) is 9.36 Å². The number of carbonyl (C=O) groups is 1. The first-order valence-corrected chi connectivity index (χ1v) is 6.19. The molecule has 0 bridgehead atoms. The van der Waals surface area contributed by atoms with E-state index in [0.29, 0.717) is 30.1 Å². The Hall–Kier alpha value is -2.11. The summed E-state index contributed by atoms with van der Waals surface area (Å²) in [6.07, 6.45) is 0. The van der Waals surface area contributed by atoms with Crippen molar-refractivity contribution in [3.8, 4) is 0 Å². The average molecular weight is 265 g/mol. The van der Waals surface area contributed by atoms with E-state index in [1.807, 2.05) is 18.7 Å². The minimum absolute atomic E-state index is 0.187. The molecule has 1 aromatic heterocycles. The Morgan fingerprint density at radius 2 is 2.11 bits per heavy atom. The Bertz CT molecular complexity index is 605. The predicted octanol–water partition coefficient (Wildman–Crippen LogP) is 2.11. The van der Waals surface area contributed by atoms with Gasteiger partial charge in [0.25, 0.3) is 0 Å². The summed E-state index contributed by atoms with van der Waals surface area (Å²) in [5, 5.41) is 9.01. The van der Waals surface area contributed by atoms with Crippen LogP contribution in [-0.4, -0.2) is 33.7 Å². The van der Waals surface area contributed by atoms with Crippen LogP contribution >= 0.6 is 0 Å². The molecule has 6 heteroatoms. The molecular weight excluding hydrogens is 249 g/mol. The van der Waals surface area contributed by atoms with Gasteiger partial charge in [-0.1, -0.05) is 0 Å². The van der Waals surface area contributed by atoms with Crippen LogP contribution < -0.4 is 4.90 Å². The average Bonchev–Trinajstić information content (AvgIpc) is 2.68. The number of aromatic nitrogens is 2. The quantitative estimate of drug-likeness (QED) is 0.899. The van der Waals surface area contributed by atoms with Gasteiger partial charge < -0.3 is 10.0 Å². The highest BCUT2D eigenvalue weighted by Crippen LogP contribution is 2.23. The SMILES string of the molecule is CCN(CC)c1nc2cc(F)ccc2n1CC(=O)O. The number of nitrogens with zero attached hydrogens (tertiary/aromatic N) is 3. The number of anilines is 1. The Morgan fingerprint density at radius 3 is 2.68 bits per heavy atom. The van der Waals surface area contributed by atoms with Crippen LogP contribution in [0.4, 0.5) is 10.3 Å². The molecule has 0 saturated carbocycles. The van der Waals surface area contributed by atoms with Crippen LogP contribution in [0.15, 0.2) is 18.2 Å². The molecule has 2 aromatic rings. The first kappa shape index (κ1) is 13.3. The second-order valence-corrected chi connectivity index (χ2v) is 4.20. The van der Waals surface area contributed by atoms with Crippen LogP contribution in [0.3, 0.4) is 0 Å². The number of aliphatic carboxylic acids is 1. The van der Waals surface area contributed by atoms with E-state index in [9.17, 15) is 9.18 Å². The number of carboxylic acids is 1. The standard InChI is InChI=1S/C13H16FN3O2/c1-3-16(4-2)13-15-10-7-9(14)5-6-11(10)17(13)8-12(18)19/h5-7H,3-4,8H2,1-2H3,(H,18,19). The minimum atomic E-state index is -0.947. The second-order valence-electron chi connectivity index (χ2n) is 4.20. The lowest BCUT2D eigenvalue weighted by atomic mass is 10.3. The third-order valence-electron chi connectivity index (χ3n) is 3.03. The van der Waals surface area contributed by atoms with Gasteiger partial charge in [-0.2, -0.15) is 0 Å². The highest BCUT2D eigenvalue weighted by atomic mass is 19.1. The third-order valence-corrected chi connectivity index (χ3v) is 3.03. The van der Waals surface area contributed by atoms with Crippen molar-refractivity contribution in [3.63, 3.8) is 0 Å². The number of hydrogen-bond acceptors (Lipinski definition) is 3. The van der Waals surface area contributed by atoms with Crippen molar-refractivity contribution in [2.24, 2.45) is 0 Å². The molecule has 0 amide bonds. The number of imidazole rings is 1. The van der Waals surface area contributed by atoms with Gasteiger partial charge in [0.05, 0.1) is 11.0 Å². The Balaban J connectivity index is 2.63. The summed E-state index contributed by atoms with van der Waals surface area (Å²) < 4.78 is 14.8. The van der Waals surface area contributed by atoms with Crippen molar-refractivity contribution in [2.45, 2.75) is 20.4 Å². The van der Waals surface area contributed by atoms with Crippen molar-refractivity contribution in [2.75, 3.05) is 18.0 Å². The van der Waals surface area contributed by atoms with Crippen molar-refractivity contribution in [1.82, 2.24) is 9.55 Å². The maximum absolute atomic E-state index is 13.2. The summed E-state index contributed by atoms with van der Waals surface area (Å²) in [6, 6.07) is 4.20. The first-order valence-electron chi connectivity index (χ1n) is 6.19. The van der Waals surface area contributed by atoms with Gasteiger partial charge in [-0.25, -0.2) is 9.37 Å². The minimum Gasteiger partial charge on any atom is -0.480 e. The molecule has 0 aliphatic carbocycles. The van der Waals surface area contributed by atoms with Gasteiger partial charge in [0.15, 0.2) is 0 Å². The van der Waals surface area contributed by atoms with Crippen molar-refractivity contribution in [3.05, 3.63) is 24.0 Å². The lowest BCUT2D eigenvalue weighted by Crippen LogP contribution is -2.26. The van der Waals surface area contributed by atoms with E-state index < -0.39 is 5.97 Å². The topological polar surface area (TPSA) is 58.4 Å². The molecule has 19 heavy (non-hydrogen) atoms. The van der Waals surface area contributed by atoms with Crippen molar-refractivity contribution in [1.29, 1.82) is 0 Å². The molecule has 0 saturated heterocycles. The highest BCUT2D eigenvalue weighted by molar-refractivity contribution is 5.81. The van der Waals surface area contributed by atoms with E-state index in [2.05, 4.69) is 4.98 Å². The Kier molecular flexibility index (Phi) is 3.69. The smallest absolute Gasteiger partial charge is 0.323 e. The van der Waals surface area contributed by atoms with Gasteiger partial charge in [-0.15, -0.1) is 0 Å². The van der Waals surface area contributed by atoms with Crippen LogP contribution in [0.25, 0.3) is 11.0 Å². The molecule has 0 radical (unpaired) electrons. The van der Waals surface area contributed by atoms with Gasteiger partial charge in [-0.05, 0) is 26.0 Å². The van der Waals surface area contributed by atoms with E-state index in [0.717, 1.165) is 0 Å². The summed E-state index contributed by atoms with van der Waals surface area (Å²) in [6.45, 7) is 5.17. The molecule has 0 fully saturated rings. The number of hydrogen-bond donors (Lipinski definition) is 1. The number of fused-ring (bicyclic) bond motifs is 1. The third kappa shape index (κ3) is 2.52. The fourth-order valence-corrected chi connectivity index (χ4v) is 2.13. The normalized spacial score (nSPS) is 10.9. The monoisotopic (exact) mass is 265 g/mol. The van der Waals surface area contributed by atoms with Gasteiger partial charge in [0, 0.05) is 19.2 Å². The van der Waals surface area contributed by atoms with E-state index >= 15 is 0 Å². The fourth-order valence-electron chi connectivity index (χ4n) is 2.13. The zero-order valence-electron chi connectivity index (χ0n) is 10.9. The number of carboxylic acid groups (broad SMARTS) is 1. The summed E-state index contributed by atoms with van der Waals surface area (Å²) in [5.74, 6) is -0.761. The fraction of sp³-hybridized carbons (Fsp3) is 0.385. The van der Waals surface area contributed by atoms with Crippen LogP contribution in [0.1, 0.15) is 13.8 Å². The largest absolute Gasteiger partial charge is 0.480 e. The van der Waals surface area contributed by atoms with E-state index in [1.165, 1.54) is 12.1 Å². The van der Waals surface area contributed by atoms with Gasteiger partial charge in [0.2, 0.25) is 5.95 Å². The molecule has 102 valence electrons. The zero-order valence-corrected chi connectivity index (χ0v) is 10.9. The van der Waals surface area contributed by atoms with Crippen molar-refractivity contribution >= 4 is 23.0 Å².